The number of fused-ring (bicyclic) bond motifs is 1. The van der Waals surface area contributed by atoms with Gasteiger partial charge in [-0.3, -0.25) is 0 Å². The number of benzene rings is 2. The Balaban J connectivity index is 2.80. The van der Waals surface area contributed by atoms with E-state index in [0.29, 0.717) is 4.90 Å². The van der Waals surface area contributed by atoms with Gasteiger partial charge in [0.25, 0.3) is 0 Å². The summed E-state index contributed by atoms with van der Waals surface area (Å²) in [4.78, 5) is 0.358. The molecule has 0 aliphatic rings. The van der Waals surface area contributed by atoms with Gasteiger partial charge in [-0.15, -0.1) is 6.58 Å². The molecule has 0 unspecified atom stereocenters. The molecule has 0 atom stereocenters. The molecule has 0 aliphatic heterocycles. The van der Waals surface area contributed by atoms with Crippen LogP contribution in [-0.2, 0) is 9.84 Å². The molecule has 0 aliphatic carbocycles. The Labute approximate surface area is 109 Å². The van der Waals surface area contributed by atoms with Crippen LogP contribution in [0.25, 0.3) is 10.8 Å². The molecule has 0 bridgehead atoms. The van der Waals surface area contributed by atoms with Crippen molar-refractivity contribution in [1.82, 2.24) is 0 Å². The molecule has 2 rings (SSSR count). The van der Waals surface area contributed by atoms with Crippen LogP contribution in [-0.4, -0.2) is 14.2 Å². The fourth-order valence-corrected chi connectivity index (χ4v) is 3.51. The molecule has 0 spiro atoms. The second-order valence-corrected chi connectivity index (χ2v) is 6.52. The van der Waals surface area contributed by atoms with Gasteiger partial charge < -0.3 is 0 Å². The third kappa shape index (κ3) is 2.28. The summed E-state index contributed by atoms with van der Waals surface area (Å²) < 4.78 is 25.0. The van der Waals surface area contributed by atoms with E-state index in [1.807, 2.05) is 24.3 Å². The minimum atomic E-state index is -3.29. The third-order valence-electron chi connectivity index (χ3n) is 2.50. The van der Waals surface area contributed by atoms with Crippen LogP contribution in [0.5, 0.6) is 0 Å². The summed E-state index contributed by atoms with van der Waals surface area (Å²) in [6.07, 6.45) is 1.41. The largest absolute Gasteiger partial charge is 0.223 e. The van der Waals surface area contributed by atoms with Crippen LogP contribution in [0.4, 0.5) is 0 Å². The van der Waals surface area contributed by atoms with Crippen molar-refractivity contribution >= 4 is 36.5 Å². The van der Waals surface area contributed by atoms with E-state index >= 15 is 0 Å². The first kappa shape index (κ1) is 12.3. The van der Waals surface area contributed by atoms with E-state index in [1.54, 1.807) is 12.1 Å². The van der Waals surface area contributed by atoms with Gasteiger partial charge in [-0.25, -0.2) is 8.42 Å². The molecule has 0 amide bonds. The van der Waals surface area contributed by atoms with Crippen molar-refractivity contribution in [3.8, 4) is 0 Å². The van der Waals surface area contributed by atoms with E-state index in [9.17, 15) is 8.42 Å². The average molecular weight is 311 g/mol. The van der Waals surface area contributed by atoms with Crippen LogP contribution in [0.2, 0.25) is 0 Å². The molecular formula is C13H11BrO2S. The first-order valence-corrected chi connectivity index (χ1v) is 7.51. The zero-order chi connectivity index (χ0) is 12.5. The van der Waals surface area contributed by atoms with Crippen molar-refractivity contribution in [2.24, 2.45) is 0 Å². The fraction of sp³-hybridized carbons (Fsp3) is 0.0769. The number of sulfone groups is 1. The normalized spacial score (nSPS) is 11.6. The first-order valence-electron chi connectivity index (χ1n) is 5.07. The molecule has 0 heterocycles. The van der Waals surface area contributed by atoms with Crippen LogP contribution in [0.3, 0.4) is 0 Å². The van der Waals surface area contributed by atoms with E-state index in [4.69, 9.17) is 0 Å². The van der Waals surface area contributed by atoms with Gasteiger partial charge in [-0.05, 0) is 17.5 Å². The lowest BCUT2D eigenvalue weighted by Crippen LogP contribution is -2.05. The van der Waals surface area contributed by atoms with Gasteiger partial charge in [0, 0.05) is 9.86 Å². The molecule has 0 N–H and O–H groups in total. The lowest BCUT2D eigenvalue weighted by Gasteiger charge is -2.07. The van der Waals surface area contributed by atoms with Crippen molar-refractivity contribution < 1.29 is 8.42 Å². The molecule has 0 radical (unpaired) electrons. The van der Waals surface area contributed by atoms with E-state index in [-0.39, 0.29) is 5.75 Å². The standard InChI is InChI=1S/C13H11BrO2S/c1-2-9-17(15,16)13-8-7-12(14)10-5-3-4-6-11(10)13/h2-8H,1,9H2. The zero-order valence-corrected chi connectivity index (χ0v) is 11.5. The molecule has 2 aromatic carbocycles. The number of rotatable bonds is 3. The van der Waals surface area contributed by atoms with Gasteiger partial charge in [0.05, 0.1) is 10.6 Å². The van der Waals surface area contributed by atoms with Crippen molar-refractivity contribution in [2.75, 3.05) is 5.75 Å². The lowest BCUT2D eigenvalue weighted by molar-refractivity contribution is 0.600. The third-order valence-corrected chi connectivity index (χ3v) is 4.90. The molecule has 2 aromatic rings. The highest BCUT2D eigenvalue weighted by atomic mass is 79.9. The molecule has 0 aromatic heterocycles. The summed E-state index contributed by atoms with van der Waals surface area (Å²) in [6.45, 7) is 3.48. The van der Waals surface area contributed by atoms with Gasteiger partial charge >= 0.3 is 0 Å². The number of hydrogen-bond donors (Lipinski definition) is 0. The van der Waals surface area contributed by atoms with E-state index in [2.05, 4.69) is 22.5 Å². The SMILES string of the molecule is C=CCS(=O)(=O)c1ccc(Br)c2ccccc12. The Bertz CT molecular complexity index is 675. The van der Waals surface area contributed by atoms with Crippen LogP contribution in [0.1, 0.15) is 0 Å². The molecule has 0 saturated heterocycles. The topological polar surface area (TPSA) is 34.1 Å². The Morgan fingerprint density at radius 1 is 1.12 bits per heavy atom. The fourth-order valence-electron chi connectivity index (χ4n) is 1.75. The maximum atomic E-state index is 12.1. The van der Waals surface area contributed by atoms with Gasteiger partial charge in [-0.2, -0.15) is 0 Å². The molecule has 4 heteroatoms. The molecule has 0 saturated carbocycles. The van der Waals surface area contributed by atoms with Crippen molar-refractivity contribution in [3.05, 3.63) is 53.5 Å². The second-order valence-electron chi connectivity index (χ2n) is 3.66. The van der Waals surface area contributed by atoms with Gasteiger partial charge in [0.15, 0.2) is 9.84 Å². The summed E-state index contributed by atoms with van der Waals surface area (Å²) in [5, 5.41) is 1.64. The minimum absolute atomic E-state index is 0.0430. The molecule has 2 nitrogen and oxygen atoms in total. The summed E-state index contributed by atoms with van der Waals surface area (Å²) in [5.41, 5.74) is 0. The summed E-state index contributed by atoms with van der Waals surface area (Å²) in [5.74, 6) is -0.0430. The first-order chi connectivity index (χ1) is 8.06. The summed E-state index contributed by atoms with van der Waals surface area (Å²) >= 11 is 3.42. The minimum Gasteiger partial charge on any atom is -0.223 e. The van der Waals surface area contributed by atoms with Crippen LogP contribution in [0, 0.1) is 0 Å². The van der Waals surface area contributed by atoms with Gasteiger partial charge in [-0.1, -0.05) is 46.3 Å². The predicted molar refractivity (Wildman–Crippen MR) is 73.9 cm³/mol. The molecule has 88 valence electrons. The summed E-state index contributed by atoms with van der Waals surface area (Å²) in [7, 11) is -3.29. The Kier molecular flexibility index (Phi) is 3.35. The van der Waals surface area contributed by atoms with E-state index in [0.717, 1.165) is 15.2 Å². The maximum Gasteiger partial charge on any atom is 0.182 e. The Hall–Kier alpha value is -1.13. The van der Waals surface area contributed by atoms with Crippen molar-refractivity contribution in [2.45, 2.75) is 4.90 Å². The van der Waals surface area contributed by atoms with Crippen molar-refractivity contribution in [1.29, 1.82) is 0 Å². The van der Waals surface area contributed by atoms with Gasteiger partial charge in [0.1, 0.15) is 0 Å². The monoisotopic (exact) mass is 310 g/mol. The number of hydrogen-bond acceptors (Lipinski definition) is 2. The quantitative estimate of drug-likeness (QED) is 0.812. The van der Waals surface area contributed by atoms with Crippen LogP contribution < -0.4 is 0 Å². The predicted octanol–water partition coefficient (Wildman–Crippen LogP) is 3.56. The Morgan fingerprint density at radius 2 is 1.76 bits per heavy atom. The average Bonchev–Trinajstić information content (AvgIpc) is 2.29. The zero-order valence-electron chi connectivity index (χ0n) is 9.06. The van der Waals surface area contributed by atoms with E-state index in [1.165, 1.54) is 6.08 Å². The maximum absolute atomic E-state index is 12.1. The van der Waals surface area contributed by atoms with E-state index < -0.39 is 9.84 Å². The smallest absolute Gasteiger partial charge is 0.182 e. The van der Waals surface area contributed by atoms with Crippen LogP contribution in [0.15, 0.2) is 58.4 Å². The second kappa shape index (κ2) is 4.63. The highest BCUT2D eigenvalue weighted by molar-refractivity contribution is 9.10. The van der Waals surface area contributed by atoms with Crippen molar-refractivity contribution in [3.63, 3.8) is 0 Å². The number of halogens is 1. The highest BCUT2D eigenvalue weighted by Gasteiger charge is 2.16. The summed E-state index contributed by atoms with van der Waals surface area (Å²) in [6, 6.07) is 10.8. The Morgan fingerprint density at radius 3 is 2.41 bits per heavy atom. The lowest BCUT2D eigenvalue weighted by atomic mass is 10.1. The molecular weight excluding hydrogens is 300 g/mol. The molecule has 0 fully saturated rings. The molecule has 17 heavy (non-hydrogen) atoms. The highest BCUT2D eigenvalue weighted by Crippen LogP contribution is 2.29. The van der Waals surface area contributed by atoms with Gasteiger partial charge in [0.2, 0.25) is 0 Å². The van der Waals surface area contributed by atoms with Crippen LogP contribution >= 0.6 is 15.9 Å².